The summed E-state index contributed by atoms with van der Waals surface area (Å²) < 4.78 is 27.7. The maximum atomic E-state index is 12.5. The Morgan fingerprint density at radius 3 is 2.25 bits per heavy atom. The van der Waals surface area contributed by atoms with Gasteiger partial charge in [-0.3, -0.25) is 0 Å². The molecule has 1 aromatic rings. The second-order valence-electron chi connectivity index (χ2n) is 6.42. The van der Waals surface area contributed by atoms with E-state index in [4.69, 9.17) is 16.7 Å². The predicted octanol–water partition coefficient (Wildman–Crippen LogP) is 2.55. The zero-order valence-electron chi connectivity index (χ0n) is 12.1. The van der Waals surface area contributed by atoms with Crippen molar-refractivity contribution < 1.29 is 13.5 Å². The first-order valence-corrected chi connectivity index (χ1v) is 8.32. The first kappa shape index (κ1) is 15.8. The summed E-state index contributed by atoms with van der Waals surface area (Å²) in [5, 5.41) is 9.28. The van der Waals surface area contributed by atoms with Gasteiger partial charge in [0.25, 0.3) is 0 Å². The highest BCUT2D eigenvalue weighted by Crippen LogP contribution is 2.63. The molecule has 1 aliphatic carbocycles. The van der Waals surface area contributed by atoms with Crippen LogP contribution in [-0.2, 0) is 16.6 Å². The summed E-state index contributed by atoms with van der Waals surface area (Å²) in [6, 6.07) is 4.37. The van der Waals surface area contributed by atoms with Crippen molar-refractivity contribution in [3.05, 3.63) is 28.8 Å². The normalized spacial score (nSPS) is 20.9. The Kier molecular flexibility index (Phi) is 3.70. The van der Waals surface area contributed by atoms with Crippen molar-refractivity contribution in [1.29, 1.82) is 0 Å². The van der Waals surface area contributed by atoms with E-state index in [1.807, 2.05) is 27.7 Å². The summed E-state index contributed by atoms with van der Waals surface area (Å²) in [5.41, 5.74) is 0.325. The molecule has 2 rings (SSSR count). The number of benzene rings is 1. The number of nitrogens with one attached hydrogen (secondary N) is 1. The van der Waals surface area contributed by atoms with Crippen LogP contribution >= 0.6 is 11.6 Å². The molecule has 20 heavy (non-hydrogen) atoms. The minimum absolute atomic E-state index is 0.0178. The van der Waals surface area contributed by atoms with E-state index in [9.17, 15) is 8.42 Å². The lowest BCUT2D eigenvalue weighted by Crippen LogP contribution is -2.30. The van der Waals surface area contributed by atoms with Crippen LogP contribution in [0.15, 0.2) is 23.1 Å². The van der Waals surface area contributed by atoms with Crippen molar-refractivity contribution in [3.63, 3.8) is 0 Å². The molecule has 4 nitrogen and oxygen atoms in total. The summed E-state index contributed by atoms with van der Waals surface area (Å²) in [6.45, 7) is 7.91. The average molecular weight is 318 g/mol. The Hall–Kier alpha value is -0.620. The number of aliphatic hydroxyl groups excluding tert-OH is 1. The summed E-state index contributed by atoms with van der Waals surface area (Å²) in [7, 11) is -3.70. The van der Waals surface area contributed by atoms with Crippen molar-refractivity contribution in [2.45, 2.75) is 45.2 Å². The molecule has 1 aliphatic rings. The van der Waals surface area contributed by atoms with Gasteiger partial charge in [0.2, 0.25) is 10.0 Å². The number of halogens is 1. The molecule has 1 fully saturated rings. The Bertz CT molecular complexity index is 624. The highest BCUT2D eigenvalue weighted by Gasteiger charge is 2.66. The van der Waals surface area contributed by atoms with Crippen molar-refractivity contribution >= 4 is 21.6 Å². The molecule has 0 radical (unpaired) electrons. The summed E-state index contributed by atoms with van der Waals surface area (Å²) in [4.78, 5) is 0.0178. The highest BCUT2D eigenvalue weighted by molar-refractivity contribution is 7.89. The zero-order valence-corrected chi connectivity index (χ0v) is 13.6. The minimum atomic E-state index is -3.70. The molecule has 0 amide bonds. The van der Waals surface area contributed by atoms with Crippen LogP contribution in [0.4, 0.5) is 0 Å². The SMILES string of the molecule is CC1(C)C(NS(=O)(=O)c2cc(CO)ccc2Cl)C1(C)C. The molecule has 0 atom stereocenters. The molecule has 0 heterocycles. The first-order valence-electron chi connectivity index (χ1n) is 6.45. The van der Waals surface area contributed by atoms with Gasteiger partial charge in [0.05, 0.1) is 11.6 Å². The van der Waals surface area contributed by atoms with Crippen LogP contribution < -0.4 is 4.72 Å². The predicted molar refractivity (Wildman–Crippen MR) is 79.0 cm³/mol. The van der Waals surface area contributed by atoms with E-state index in [1.165, 1.54) is 12.1 Å². The third kappa shape index (κ3) is 2.37. The van der Waals surface area contributed by atoms with Gasteiger partial charge in [0.15, 0.2) is 0 Å². The Morgan fingerprint density at radius 1 is 1.25 bits per heavy atom. The van der Waals surface area contributed by atoms with Crippen LogP contribution in [0.5, 0.6) is 0 Å². The van der Waals surface area contributed by atoms with Gasteiger partial charge in [-0.25, -0.2) is 13.1 Å². The van der Waals surface area contributed by atoms with E-state index in [1.54, 1.807) is 6.07 Å². The summed E-state index contributed by atoms with van der Waals surface area (Å²) in [5.74, 6) is 0. The highest BCUT2D eigenvalue weighted by atomic mass is 35.5. The van der Waals surface area contributed by atoms with Crippen LogP contribution in [0, 0.1) is 10.8 Å². The maximum Gasteiger partial charge on any atom is 0.242 e. The lowest BCUT2D eigenvalue weighted by molar-refractivity contribution is 0.281. The Morgan fingerprint density at radius 2 is 1.80 bits per heavy atom. The van der Waals surface area contributed by atoms with Crippen molar-refractivity contribution in [2.75, 3.05) is 0 Å². The molecule has 0 spiro atoms. The fourth-order valence-electron chi connectivity index (χ4n) is 2.56. The molecule has 0 unspecified atom stereocenters. The summed E-state index contributed by atoms with van der Waals surface area (Å²) >= 11 is 5.98. The van der Waals surface area contributed by atoms with Crippen LogP contribution in [0.25, 0.3) is 0 Å². The molecule has 0 bridgehead atoms. The van der Waals surface area contributed by atoms with Gasteiger partial charge in [-0.05, 0) is 28.5 Å². The van der Waals surface area contributed by atoms with Gasteiger partial charge in [-0.15, -0.1) is 0 Å². The minimum Gasteiger partial charge on any atom is -0.392 e. The van der Waals surface area contributed by atoms with Crippen LogP contribution in [-0.4, -0.2) is 19.6 Å². The average Bonchev–Trinajstić information content (AvgIpc) is 2.72. The van der Waals surface area contributed by atoms with E-state index in [2.05, 4.69) is 4.72 Å². The zero-order chi connectivity index (χ0) is 15.3. The second kappa shape index (κ2) is 4.70. The van der Waals surface area contributed by atoms with Crippen LogP contribution in [0.2, 0.25) is 5.02 Å². The van der Waals surface area contributed by atoms with E-state index in [0.29, 0.717) is 5.56 Å². The number of rotatable bonds is 4. The van der Waals surface area contributed by atoms with Crippen LogP contribution in [0.3, 0.4) is 0 Å². The monoisotopic (exact) mass is 317 g/mol. The second-order valence-corrected chi connectivity index (χ2v) is 8.51. The quantitative estimate of drug-likeness (QED) is 0.897. The van der Waals surface area contributed by atoms with Crippen molar-refractivity contribution in [3.8, 4) is 0 Å². The van der Waals surface area contributed by atoms with Crippen molar-refractivity contribution in [2.24, 2.45) is 10.8 Å². The van der Waals surface area contributed by atoms with Gasteiger partial charge >= 0.3 is 0 Å². The molecule has 6 heteroatoms. The van der Waals surface area contributed by atoms with E-state index in [-0.39, 0.29) is 33.4 Å². The van der Waals surface area contributed by atoms with Crippen molar-refractivity contribution in [1.82, 2.24) is 4.72 Å². The van der Waals surface area contributed by atoms with E-state index in [0.717, 1.165) is 0 Å². The fourth-order valence-corrected chi connectivity index (χ4v) is 4.64. The molecule has 1 aromatic carbocycles. The third-order valence-corrected chi connectivity index (χ3v) is 6.67. The molecule has 0 aliphatic heterocycles. The third-order valence-electron chi connectivity index (χ3n) is 4.76. The fraction of sp³-hybridized carbons (Fsp3) is 0.571. The molecule has 1 saturated carbocycles. The maximum absolute atomic E-state index is 12.5. The van der Waals surface area contributed by atoms with Gasteiger partial charge in [0, 0.05) is 6.04 Å². The molecule has 112 valence electrons. The lowest BCUT2D eigenvalue weighted by Gasteiger charge is -2.11. The van der Waals surface area contributed by atoms with Gasteiger partial charge in [-0.1, -0.05) is 45.4 Å². The Labute approximate surface area is 125 Å². The van der Waals surface area contributed by atoms with Gasteiger partial charge in [0.1, 0.15) is 4.90 Å². The number of aliphatic hydroxyl groups is 1. The molecule has 2 N–H and O–H groups in total. The topological polar surface area (TPSA) is 66.4 Å². The van der Waals surface area contributed by atoms with E-state index < -0.39 is 10.0 Å². The molecule has 0 aromatic heterocycles. The van der Waals surface area contributed by atoms with Gasteiger partial charge < -0.3 is 5.11 Å². The standard InChI is InChI=1S/C14H20ClNO3S/c1-13(2)12(14(13,3)4)16-20(18,19)11-7-9(8-17)5-6-10(11)15/h5-7,12,16-17H,8H2,1-4H3. The molecular weight excluding hydrogens is 298 g/mol. The largest absolute Gasteiger partial charge is 0.392 e. The molecular formula is C14H20ClNO3S. The van der Waals surface area contributed by atoms with Crippen LogP contribution in [0.1, 0.15) is 33.3 Å². The molecule has 0 saturated heterocycles. The Balaban J connectivity index is 2.33. The summed E-state index contributed by atoms with van der Waals surface area (Å²) in [6.07, 6.45) is 0. The number of sulfonamides is 1. The number of hydrogen-bond acceptors (Lipinski definition) is 3. The van der Waals surface area contributed by atoms with Gasteiger partial charge in [-0.2, -0.15) is 0 Å². The number of hydrogen-bond donors (Lipinski definition) is 2. The van der Waals surface area contributed by atoms with E-state index >= 15 is 0 Å². The smallest absolute Gasteiger partial charge is 0.242 e. The first-order chi connectivity index (χ1) is 9.04. The lowest BCUT2D eigenvalue weighted by atomic mass is 10.0.